The number of fused-ring (bicyclic) bond motifs is 2. The molecule has 2 aromatic rings. The van der Waals surface area contributed by atoms with Crippen LogP contribution >= 0.6 is 0 Å². The maximum atomic E-state index is 14.7. The highest BCUT2D eigenvalue weighted by Crippen LogP contribution is 2.27. The molecule has 3 fully saturated rings. The van der Waals surface area contributed by atoms with Gasteiger partial charge in [0.15, 0.2) is 0 Å². The lowest BCUT2D eigenvalue weighted by molar-refractivity contribution is -0.161. The lowest BCUT2D eigenvalue weighted by atomic mass is 9.98. The minimum absolute atomic E-state index is 0.0340. The molecule has 3 heterocycles. The van der Waals surface area contributed by atoms with Gasteiger partial charge in [0.25, 0.3) is 0 Å². The van der Waals surface area contributed by atoms with Crippen LogP contribution in [0.4, 0.5) is 0 Å². The van der Waals surface area contributed by atoms with Gasteiger partial charge in [0.2, 0.25) is 47.3 Å². The molecule has 72 heavy (non-hydrogen) atoms. The number of nitrogens with one attached hydrogen (secondary N) is 5. The number of phenolic OH excluding ortho intramolecular Hbond substituents is 1. The van der Waals surface area contributed by atoms with Crippen molar-refractivity contribution in [2.24, 2.45) is 17.8 Å². The van der Waals surface area contributed by atoms with Crippen molar-refractivity contribution in [1.82, 2.24) is 41.3 Å². The number of likely N-dealkylation sites (N-methyl/N-ethyl adjacent to an activating group) is 1. The van der Waals surface area contributed by atoms with Crippen molar-refractivity contribution >= 4 is 53.2 Å². The molecule has 394 valence electrons. The molecule has 0 aliphatic carbocycles. The third-order valence-electron chi connectivity index (χ3n) is 13.6. The Kier molecular flexibility index (Phi) is 20.1. The van der Waals surface area contributed by atoms with Crippen LogP contribution in [0, 0.1) is 17.8 Å². The number of rotatable bonds is 11. The van der Waals surface area contributed by atoms with Crippen LogP contribution in [0.25, 0.3) is 0 Å². The van der Waals surface area contributed by atoms with Crippen molar-refractivity contribution in [3.05, 3.63) is 65.7 Å². The highest BCUT2D eigenvalue weighted by molar-refractivity contribution is 5.99. The van der Waals surface area contributed by atoms with E-state index in [1.54, 1.807) is 63.2 Å². The van der Waals surface area contributed by atoms with E-state index in [1.165, 1.54) is 40.8 Å². The van der Waals surface area contributed by atoms with Crippen molar-refractivity contribution in [3.63, 3.8) is 0 Å². The Morgan fingerprint density at radius 2 is 1.21 bits per heavy atom. The molecule has 0 saturated carbocycles. The monoisotopic (exact) mass is 1000 g/mol. The summed E-state index contributed by atoms with van der Waals surface area (Å²) in [7, 11) is 1.40. The standard InChI is InChI=1S/C53H76N8O11/c1-10-43(63)57-45-33(8)72-53(71)42(29-35-20-22-36(62)23-21-35)59(9)50(68)39(27-31(4)5)56-48(66)40-18-14-24-60(40)51(69)41-19-15-25-61(41)52(70)44(32(6)7)58-47(65)37(26-30(2)3)54-46(64)38(55-49(45)67)28-34-16-12-11-13-17-34/h11-13,16-17,20-23,30-33,37-42,44-45,62H,10,14-15,18-19,24-29H2,1-9H3,(H,54,64)(H,55,67)(H,56,66)(H,57,63)(H,58,65)/t33-,37-,38-,39-,40-,41-,42-,44-,45-/m0/s1. The number of esters is 1. The van der Waals surface area contributed by atoms with Gasteiger partial charge < -0.3 is 51.1 Å². The molecule has 3 aliphatic heterocycles. The van der Waals surface area contributed by atoms with Gasteiger partial charge in [-0.3, -0.25) is 38.4 Å². The SMILES string of the molecule is CCC(=O)N[C@@H]1C(=O)N[C@@H](Cc2ccccc2)C(=O)N[C@@H](CC(C)C)C(=O)N[C@@H](C(C)C)C(=O)N2CCC[C@H]2C(=O)N2CCC[C@H]2C(=O)N[C@@H](CC(C)C)C(=O)N(C)[C@@H](Cc2ccc(O)cc2)C(=O)O[C@H]1C. The molecule has 9 atom stereocenters. The number of phenols is 1. The number of hydrogen-bond acceptors (Lipinski definition) is 11. The molecule has 19 heteroatoms. The summed E-state index contributed by atoms with van der Waals surface area (Å²) in [4.78, 5) is 134. The van der Waals surface area contributed by atoms with Crippen LogP contribution < -0.4 is 26.6 Å². The van der Waals surface area contributed by atoms with Crippen molar-refractivity contribution in [2.75, 3.05) is 20.1 Å². The molecule has 0 spiro atoms. The summed E-state index contributed by atoms with van der Waals surface area (Å²) in [6, 6.07) is 5.20. The number of amides is 8. The number of aromatic hydroxyl groups is 1. The smallest absolute Gasteiger partial charge is 0.329 e. The first-order chi connectivity index (χ1) is 34.1. The summed E-state index contributed by atoms with van der Waals surface area (Å²) in [5.41, 5.74) is 1.18. The molecule has 5 rings (SSSR count). The van der Waals surface area contributed by atoms with Gasteiger partial charge in [-0.25, -0.2) is 4.79 Å². The third kappa shape index (κ3) is 14.8. The van der Waals surface area contributed by atoms with Crippen LogP contribution in [0.2, 0.25) is 0 Å². The van der Waals surface area contributed by atoms with E-state index in [-0.39, 0.29) is 62.8 Å². The van der Waals surface area contributed by atoms with Gasteiger partial charge in [0, 0.05) is 39.4 Å². The van der Waals surface area contributed by atoms with Gasteiger partial charge in [0.05, 0.1) is 0 Å². The van der Waals surface area contributed by atoms with Crippen LogP contribution in [-0.2, 0) is 60.7 Å². The van der Waals surface area contributed by atoms with Gasteiger partial charge in [-0.15, -0.1) is 0 Å². The molecular formula is C53H76N8O11. The number of carbonyl (C=O) groups excluding carboxylic acids is 9. The first-order valence-corrected chi connectivity index (χ1v) is 25.5. The van der Waals surface area contributed by atoms with E-state index in [0.29, 0.717) is 36.8 Å². The first-order valence-electron chi connectivity index (χ1n) is 25.5. The van der Waals surface area contributed by atoms with E-state index >= 15 is 0 Å². The van der Waals surface area contributed by atoms with Gasteiger partial charge in [-0.05, 0) is 86.5 Å². The Morgan fingerprint density at radius 3 is 1.81 bits per heavy atom. The van der Waals surface area contributed by atoms with Crippen LogP contribution in [0.5, 0.6) is 5.75 Å². The normalized spacial score (nSPS) is 26.8. The maximum absolute atomic E-state index is 14.7. The molecule has 3 aliphatic rings. The highest BCUT2D eigenvalue weighted by Gasteiger charge is 2.46. The van der Waals surface area contributed by atoms with E-state index < -0.39 is 114 Å². The largest absolute Gasteiger partial charge is 0.508 e. The molecule has 0 radical (unpaired) electrons. The number of benzene rings is 2. The van der Waals surface area contributed by atoms with E-state index in [9.17, 15) is 48.3 Å². The van der Waals surface area contributed by atoms with Gasteiger partial charge in [-0.1, -0.05) is 90.9 Å². The fourth-order valence-corrected chi connectivity index (χ4v) is 9.62. The first kappa shape index (κ1) is 56.4. The number of cyclic esters (lactones) is 1. The van der Waals surface area contributed by atoms with Crippen molar-refractivity contribution < 1.29 is 53.0 Å². The Hall–Kier alpha value is -6.53. The molecule has 2 aromatic carbocycles. The van der Waals surface area contributed by atoms with Crippen LogP contribution in [0.15, 0.2) is 54.6 Å². The Labute approximate surface area is 423 Å². The average Bonchev–Trinajstić information content (AvgIpc) is 4.04. The lowest BCUT2D eigenvalue weighted by Gasteiger charge is -2.35. The van der Waals surface area contributed by atoms with Crippen molar-refractivity contribution in [1.29, 1.82) is 0 Å². The second-order valence-corrected chi connectivity index (χ2v) is 20.6. The lowest BCUT2D eigenvalue weighted by Crippen LogP contribution is -2.61. The van der Waals surface area contributed by atoms with Crippen LogP contribution in [0.3, 0.4) is 0 Å². The molecule has 0 bridgehead atoms. The quantitative estimate of drug-likeness (QED) is 0.179. The van der Waals surface area contributed by atoms with Crippen molar-refractivity contribution in [3.8, 4) is 5.75 Å². The van der Waals surface area contributed by atoms with Gasteiger partial charge in [0.1, 0.15) is 60.2 Å². The Morgan fingerprint density at radius 1 is 0.667 bits per heavy atom. The Balaban J connectivity index is 1.62. The van der Waals surface area contributed by atoms with Crippen LogP contribution in [-0.4, -0.2) is 148 Å². The second-order valence-electron chi connectivity index (χ2n) is 20.6. The fourth-order valence-electron chi connectivity index (χ4n) is 9.62. The summed E-state index contributed by atoms with van der Waals surface area (Å²) in [6.07, 6.45) is 0.282. The Bertz CT molecular complexity index is 2260. The van der Waals surface area contributed by atoms with E-state index in [4.69, 9.17) is 4.74 Å². The predicted molar refractivity (Wildman–Crippen MR) is 267 cm³/mol. The molecule has 3 saturated heterocycles. The van der Waals surface area contributed by atoms with Gasteiger partial charge >= 0.3 is 5.97 Å². The van der Waals surface area contributed by atoms with E-state index in [0.717, 1.165) is 0 Å². The van der Waals surface area contributed by atoms with Gasteiger partial charge in [-0.2, -0.15) is 0 Å². The summed E-state index contributed by atoms with van der Waals surface area (Å²) >= 11 is 0. The molecule has 8 amide bonds. The zero-order chi connectivity index (χ0) is 53.0. The maximum Gasteiger partial charge on any atom is 0.329 e. The fraction of sp³-hybridized carbons (Fsp3) is 0.604. The van der Waals surface area contributed by atoms with Crippen molar-refractivity contribution in [2.45, 2.75) is 168 Å². The predicted octanol–water partition coefficient (Wildman–Crippen LogP) is 2.51. The third-order valence-corrected chi connectivity index (χ3v) is 13.6. The molecule has 0 aromatic heterocycles. The summed E-state index contributed by atoms with van der Waals surface area (Å²) in [6.45, 7) is 14.4. The van der Waals surface area contributed by atoms with E-state index in [2.05, 4.69) is 26.6 Å². The average molecular weight is 1000 g/mol. The van der Waals surface area contributed by atoms with E-state index in [1.807, 2.05) is 27.7 Å². The number of ether oxygens (including phenoxy) is 1. The minimum atomic E-state index is -1.57. The molecule has 6 N–H and O–H groups in total. The number of carbonyl (C=O) groups is 9. The zero-order valence-electron chi connectivity index (χ0n) is 43.3. The molecule has 0 unspecified atom stereocenters. The minimum Gasteiger partial charge on any atom is -0.508 e. The zero-order valence-corrected chi connectivity index (χ0v) is 43.3. The number of hydrogen-bond donors (Lipinski definition) is 6. The topological polar surface area (TPSA) is 253 Å². The molecular weight excluding hydrogens is 925 g/mol. The second kappa shape index (κ2) is 25.7. The number of nitrogens with zero attached hydrogens (tertiary/aromatic N) is 3. The summed E-state index contributed by atoms with van der Waals surface area (Å²) < 4.78 is 6.02. The van der Waals surface area contributed by atoms with Crippen LogP contribution in [0.1, 0.15) is 111 Å². The summed E-state index contributed by atoms with van der Waals surface area (Å²) in [5.74, 6) is -6.66. The summed E-state index contributed by atoms with van der Waals surface area (Å²) in [5, 5.41) is 24.1. The molecule has 19 nitrogen and oxygen atoms in total. The highest BCUT2D eigenvalue weighted by atomic mass is 16.5.